The van der Waals surface area contributed by atoms with Crippen molar-refractivity contribution in [3.05, 3.63) is 34.9 Å². The standard InChI is InChI=1S/C22H30O2/c1-13(2)7-6-9-21(4)15-8-10-22(5)19(15)20(21)18-16(23)11-14(3)12-17(18)24-22/h7,11-12,15,19-20,23H,6,8-10H2,1-5H3. The molecule has 0 saturated heterocycles. The van der Waals surface area contributed by atoms with Crippen LogP contribution >= 0.6 is 0 Å². The van der Waals surface area contributed by atoms with Crippen molar-refractivity contribution < 1.29 is 9.84 Å². The van der Waals surface area contributed by atoms with Crippen LogP contribution in [-0.2, 0) is 0 Å². The van der Waals surface area contributed by atoms with E-state index in [1.807, 2.05) is 13.0 Å². The summed E-state index contributed by atoms with van der Waals surface area (Å²) in [5, 5.41) is 10.7. The molecule has 0 amide bonds. The van der Waals surface area contributed by atoms with Gasteiger partial charge in [0, 0.05) is 17.4 Å². The molecule has 2 saturated carbocycles. The van der Waals surface area contributed by atoms with Crippen LogP contribution in [0.1, 0.15) is 70.4 Å². The number of hydrogen-bond acceptors (Lipinski definition) is 2. The van der Waals surface area contributed by atoms with Crippen LogP contribution in [0.15, 0.2) is 23.8 Å². The van der Waals surface area contributed by atoms with Crippen LogP contribution < -0.4 is 4.74 Å². The SMILES string of the molecule is CC(C)=CCCC1(C)C2CCC3(C)Oc4cc(C)cc(O)c4C1C23. The molecule has 1 N–H and O–H groups in total. The van der Waals surface area contributed by atoms with E-state index in [9.17, 15) is 5.11 Å². The third-order valence-electron chi connectivity index (χ3n) is 7.16. The minimum absolute atomic E-state index is 0.0431. The normalized spacial score (nSPS) is 38.6. The highest BCUT2D eigenvalue weighted by Gasteiger charge is 2.70. The molecular formula is C22H30O2. The van der Waals surface area contributed by atoms with Crippen LogP contribution in [-0.4, -0.2) is 10.7 Å². The van der Waals surface area contributed by atoms with E-state index in [1.165, 1.54) is 18.4 Å². The number of rotatable bonds is 3. The smallest absolute Gasteiger partial charge is 0.127 e. The Balaban J connectivity index is 1.77. The fourth-order valence-electron chi connectivity index (χ4n) is 6.10. The first kappa shape index (κ1) is 16.1. The Kier molecular flexibility index (Phi) is 3.37. The van der Waals surface area contributed by atoms with E-state index in [4.69, 9.17) is 4.74 Å². The highest BCUT2D eigenvalue weighted by molar-refractivity contribution is 5.54. The van der Waals surface area contributed by atoms with Crippen molar-refractivity contribution in [3.63, 3.8) is 0 Å². The summed E-state index contributed by atoms with van der Waals surface area (Å²) < 4.78 is 6.47. The second-order valence-electron chi connectivity index (χ2n) is 9.09. The predicted octanol–water partition coefficient (Wildman–Crippen LogP) is 5.73. The van der Waals surface area contributed by atoms with Crippen LogP contribution in [0.4, 0.5) is 0 Å². The van der Waals surface area contributed by atoms with Gasteiger partial charge in [-0.25, -0.2) is 0 Å². The van der Waals surface area contributed by atoms with Crippen LogP contribution in [0.3, 0.4) is 0 Å². The number of fused-ring (bicyclic) bond motifs is 2. The van der Waals surface area contributed by atoms with Crippen LogP contribution in [0, 0.1) is 24.2 Å². The molecule has 2 nitrogen and oxygen atoms in total. The molecule has 24 heavy (non-hydrogen) atoms. The fraction of sp³-hybridized carbons (Fsp3) is 0.636. The number of aromatic hydroxyl groups is 1. The molecule has 5 atom stereocenters. The van der Waals surface area contributed by atoms with Gasteiger partial charge in [-0.2, -0.15) is 0 Å². The molecule has 1 aliphatic heterocycles. The van der Waals surface area contributed by atoms with Crippen molar-refractivity contribution in [2.45, 2.75) is 71.8 Å². The number of ether oxygens (including phenoxy) is 1. The molecule has 1 aromatic rings. The van der Waals surface area contributed by atoms with E-state index in [0.717, 1.165) is 35.6 Å². The van der Waals surface area contributed by atoms with Gasteiger partial charge in [-0.1, -0.05) is 18.6 Å². The zero-order valence-corrected chi connectivity index (χ0v) is 15.6. The van der Waals surface area contributed by atoms with E-state index >= 15 is 0 Å². The second kappa shape index (κ2) is 5.03. The lowest BCUT2D eigenvalue weighted by Gasteiger charge is -2.63. The lowest BCUT2D eigenvalue weighted by atomic mass is 9.43. The third kappa shape index (κ3) is 2.01. The second-order valence-corrected chi connectivity index (χ2v) is 9.09. The molecular weight excluding hydrogens is 296 g/mol. The number of allylic oxidation sites excluding steroid dienone is 2. The predicted molar refractivity (Wildman–Crippen MR) is 97.6 cm³/mol. The zero-order valence-electron chi connectivity index (χ0n) is 15.6. The molecule has 4 rings (SSSR count). The summed E-state index contributed by atoms with van der Waals surface area (Å²) in [6.07, 6.45) is 7.11. The first-order valence-corrected chi connectivity index (χ1v) is 9.42. The van der Waals surface area contributed by atoms with Crippen molar-refractivity contribution >= 4 is 0 Å². The molecule has 0 radical (unpaired) electrons. The molecule has 2 fully saturated rings. The molecule has 5 unspecified atom stereocenters. The Bertz CT molecular complexity index is 715. The van der Waals surface area contributed by atoms with Crippen LogP contribution in [0.5, 0.6) is 11.5 Å². The number of aryl methyl sites for hydroxylation is 1. The van der Waals surface area contributed by atoms with Gasteiger partial charge in [-0.15, -0.1) is 0 Å². The minimum atomic E-state index is -0.0431. The summed E-state index contributed by atoms with van der Waals surface area (Å²) in [5.74, 6) is 3.10. The maximum atomic E-state index is 10.7. The number of hydrogen-bond donors (Lipinski definition) is 1. The summed E-state index contributed by atoms with van der Waals surface area (Å²) >= 11 is 0. The maximum absolute atomic E-state index is 10.7. The average Bonchev–Trinajstić information content (AvgIpc) is 2.79. The van der Waals surface area contributed by atoms with Gasteiger partial charge in [0.15, 0.2) is 0 Å². The molecule has 2 aliphatic carbocycles. The van der Waals surface area contributed by atoms with Gasteiger partial charge in [0.1, 0.15) is 17.1 Å². The van der Waals surface area contributed by atoms with Gasteiger partial charge in [-0.05, 0) is 82.4 Å². The fourth-order valence-corrected chi connectivity index (χ4v) is 6.10. The van der Waals surface area contributed by atoms with Crippen molar-refractivity contribution in [1.82, 2.24) is 0 Å². The molecule has 130 valence electrons. The maximum Gasteiger partial charge on any atom is 0.127 e. The summed E-state index contributed by atoms with van der Waals surface area (Å²) in [6, 6.07) is 4.03. The van der Waals surface area contributed by atoms with Gasteiger partial charge in [0.2, 0.25) is 0 Å². The largest absolute Gasteiger partial charge is 0.508 e. The van der Waals surface area contributed by atoms with Crippen LogP contribution in [0.25, 0.3) is 0 Å². The van der Waals surface area contributed by atoms with Gasteiger partial charge in [-0.3, -0.25) is 0 Å². The van der Waals surface area contributed by atoms with E-state index in [1.54, 1.807) is 0 Å². The third-order valence-corrected chi connectivity index (χ3v) is 7.16. The zero-order chi connectivity index (χ0) is 17.3. The first-order valence-electron chi connectivity index (χ1n) is 9.42. The topological polar surface area (TPSA) is 29.5 Å². The summed E-state index contributed by atoms with van der Waals surface area (Å²) in [6.45, 7) is 11.1. The van der Waals surface area contributed by atoms with Gasteiger partial charge >= 0.3 is 0 Å². The molecule has 0 bridgehead atoms. The molecule has 3 aliphatic rings. The van der Waals surface area contributed by atoms with E-state index in [0.29, 0.717) is 17.6 Å². The lowest BCUT2D eigenvalue weighted by Crippen LogP contribution is -2.60. The summed E-state index contributed by atoms with van der Waals surface area (Å²) in [7, 11) is 0. The average molecular weight is 326 g/mol. The molecule has 2 heteroatoms. The minimum Gasteiger partial charge on any atom is -0.508 e. The van der Waals surface area contributed by atoms with Crippen molar-refractivity contribution in [2.24, 2.45) is 17.3 Å². The number of phenols is 1. The Morgan fingerprint density at radius 1 is 1.33 bits per heavy atom. The Hall–Kier alpha value is -1.44. The number of benzene rings is 1. The molecule has 0 aromatic heterocycles. The Labute approximate surface area is 145 Å². The summed E-state index contributed by atoms with van der Waals surface area (Å²) in [5.41, 5.74) is 3.80. The summed E-state index contributed by atoms with van der Waals surface area (Å²) in [4.78, 5) is 0. The molecule has 0 spiro atoms. The van der Waals surface area contributed by atoms with Gasteiger partial charge < -0.3 is 9.84 Å². The highest BCUT2D eigenvalue weighted by Crippen LogP contribution is 2.75. The Morgan fingerprint density at radius 3 is 2.79 bits per heavy atom. The highest BCUT2D eigenvalue weighted by atomic mass is 16.5. The van der Waals surface area contributed by atoms with Crippen molar-refractivity contribution in [2.75, 3.05) is 0 Å². The van der Waals surface area contributed by atoms with E-state index in [-0.39, 0.29) is 11.0 Å². The quantitative estimate of drug-likeness (QED) is 0.719. The monoisotopic (exact) mass is 326 g/mol. The van der Waals surface area contributed by atoms with Gasteiger partial charge in [0.25, 0.3) is 0 Å². The Morgan fingerprint density at radius 2 is 2.08 bits per heavy atom. The van der Waals surface area contributed by atoms with Crippen LogP contribution in [0.2, 0.25) is 0 Å². The van der Waals surface area contributed by atoms with Crippen molar-refractivity contribution in [3.8, 4) is 11.5 Å². The van der Waals surface area contributed by atoms with E-state index in [2.05, 4.69) is 39.8 Å². The first-order chi connectivity index (χ1) is 11.3. The lowest BCUT2D eigenvalue weighted by molar-refractivity contribution is -0.133. The molecule has 1 aromatic carbocycles. The van der Waals surface area contributed by atoms with Gasteiger partial charge in [0.05, 0.1) is 0 Å². The van der Waals surface area contributed by atoms with E-state index < -0.39 is 0 Å². The molecule has 1 heterocycles. The van der Waals surface area contributed by atoms with Crippen molar-refractivity contribution in [1.29, 1.82) is 0 Å². The number of phenolic OH excluding ortho intramolecular Hbond substituents is 1.